The van der Waals surface area contributed by atoms with Gasteiger partial charge in [0, 0.05) is 6.61 Å². The average molecular weight is 186 g/mol. The lowest BCUT2D eigenvalue weighted by atomic mass is 9.96. The third-order valence-corrected chi connectivity index (χ3v) is 2.17. The minimum absolute atomic E-state index is 0.00866. The number of carbonyl (C=O) groups excluding carboxylic acids is 1. The molecule has 76 valence electrons. The van der Waals surface area contributed by atoms with E-state index in [1.54, 1.807) is 0 Å². The van der Waals surface area contributed by atoms with Gasteiger partial charge in [0.25, 0.3) is 0 Å². The fourth-order valence-electron chi connectivity index (χ4n) is 1.54. The lowest BCUT2D eigenvalue weighted by Gasteiger charge is -2.26. The van der Waals surface area contributed by atoms with E-state index < -0.39 is 0 Å². The smallest absolute Gasteiger partial charge is 0.309 e. The van der Waals surface area contributed by atoms with Crippen LogP contribution in [0.1, 0.15) is 33.6 Å². The Labute approximate surface area is 79.4 Å². The molecule has 13 heavy (non-hydrogen) atoms. The second-order valence-corrected chi connectivity index (χ2v) is 3.89. The van der Waals surface area contributed by atoms with Crippen molar-refractivity contribution in [2.24, 2.45) is 5.92 Å². The van der Waals surface area contributed by atoms with E-state index >= 15 is 0 Å². The Bertz CT molecular complexity index is 177. The van der Waals surface area contributed by atoms with Crippen LogP contribution in [0.3, 0.4) is 0 Å². The highest BCUT2D eigenvalue weighted by atomic mass is 16.5. The van der Waals surface area contributed by atoms with Crippen molar-refractivity contribution < 1.29 is 14.3 Å². The number of carbonyl (C=O) groups is 1. The molecule has 0 aromatic carbocycles. The highest BCUT2D eigenvalue weighted by Crippen LogP contribution is 2.21. The number of rotatable bonds is 2. The lowest BCUT2D eigenvalue weighted by Crippen LogP contribution is -2.30. The molecule has 1 aliphatic rings. The molecule has 2 unspecified atom stereocenters. The Morgan fingerprint density at radius 3 is 2.77 bits per heavy atom. The first-order valence-corrected chi connectivity index (χ1v) is 4.91. The second kappa shape index (κ2) is 4.61. The molecule has 1 fully saturated rings. The van der Waals surface area contributed by atoms with Crippen molar-refractivity contribution in [3.05, 3.63) is 0 Å². The molecule has 1 rings (SSSR count). The van der Waals surface area contributed by atoms with Crippen molar-refractivity contribution in [1.82, 2.24) is 0 Å². The Hall–Kier alpha value is -0.570. The van der Waals surface area contributed by atoms with Gasteiger partial charge in [0.15, 0.2) is 0 Å². The summed E-state index contributed by atoms with van der Waals surface area (Å²) >= 11 is 0. The normalized spacial score (nSPS) is 28.9. The molecule has 2 atom stereocenters. The molecular weight excluding hydrogens is 168 g/mol. The van der Waals surface area contributed by atoms with Crippen LogP contribution in [0.15, 0.2) is 0 Å². The highest BCUT2D eigenvalue weighted by molar-refractivity contribution is 5.72. The first-order chi connectivity index (χ1) is 6.09. The molecule has 1 saturated heterocycles. The molecule has 0 aliphatic carbocycles. The topological polar surface area (TPSA) is 35.5 Å². The van der Waals surface area contributed by atoms with Gasteiger partial charge in [0.2, 0.25) is 0 Å². The van der Waals surface area contributed by atoms with E-state index in [4.69, 9.17) is 9.47 Å². The number of hydrogen-bond donors (Lipinski definition) is 0. The van der Waals surface area contributed by atoms with Gasteiger partial charge in [0.1, 0.15) is 0 Å². The summed E-state index contributed by atoms with van der Waals surface area (Å²) in [5, 5.41) is 0. The van der Waals surface area contributed by atoms with Crippen LogP contribution in [0, 0.1) is 5.92 Å². The zero-order valence-corrected chi connectivity index (χ0v) is 8.58. The van der Waals surface area contributed by atoms with Crippen molar-refractivity contribution in [2.75, 3.05) is 6.61 Å². The molecule has 1 aliphatic heterocycles. The van der Waals surface area contributed by atoms with Gasteiger partial charge in [-0.2, -0.15) is 0 Å². The number of ether oxygens (including phenoxy) is 2. The van der Waals surface area contributed by atoms with E-state index in [0.29, 0.717) is 6.61 Å². The Morgan fingerprint density at radius 1 is 1.54 bits per heavy atom. The summed E-state index contributed by atoms with van der Waals surface area (Å²) in [6.45, 7) is 6.43. The van der Waals surface area contributed by atoms with Gasteiger partial charge < -0.3 is 9.47 Å². The minimum Gasteiger partial charge on any atom is -0.463 e. The van der Waals surface area contributed by atoms with Crippen LogP contribution in [0.25, 0.3) is 0 Å². The van der Waals surface area contributed by atoms with Crippen molar-refractivity contribution in [2.45, 2.75) is 45.8 Å². The van der Waals surface area contributed by atoms with Crippen LogP contribution in [0.2, 0.25) is 0 Å². The number of hydrogen-bond acceptors (Lipinski definition) is 3. The first-order valence-electron chi connectivity index (χ1n) is 4.91. The zero-order valence-electron chi connectivity index (χ0n) is 8.58. The molecule has 0 saturated carbocycles. The fourth-order valence-corrected chi connectivity index (χ4v) is 1.54. The maximum absolute atomic E-state index is 11.5. The third-order valence-electron chi connectivity index (χ3n) is 2.17. The van der Waals surface area contributed by atoms with E-state index in [9.17, 15) is 4.79 Å². The molecule has 0 N–H and O–H groups in total. The zero-order chi connectivity index (χ0) is 9.84. The molecule has 0 radical (unpaired) electrons. The van der Waals surface area contributed by atoms with Crippen LogP contribution in [0.4, 0.5) is 0 Å². The molecule has 3 heteroatoms. The van der Waals surface area contributed by atoms with Crippen LogP contribution >= 0.6 is 0 Å². The first kappa shape index (κ1) is 10.5. The minimum atomic E-state index is -0.0647. The Morgan fingerprint density at radius 2 is 2.23 bits per heavy atom. The van der Waals surface area contributed by atoms with Crippen molar-refractivity contribution in [1.29, 1.82) is 0 Å². The molecule has 0 amide bonds. The summed E-state index contributed by atoms with van der Waals surface area (Å²) in [5.74, 6) is -0.0173. The fraction of sp³-hybridized carbons (Fsp3) is 0.900. The van der Waals surface area contributed by atoms with E-state index in [0.717, 1.165) is 12.8 Å². The molecule has 0 bridgehead atoms. The van der Waals surface area contributed by atoms with Gasteiger partial charge in [-0.15, -0.1) is 0 Å². The lowest BCUT2D eigenvalue weighted by molar-refractivity contribution is -0.157. The molecule has 1 heterocycles. The predicted octanol–water partition coefficient (Wildman–Crippen LogP) is 1.75. The van der Waals surface area contributed by atoms with Crippen molar-refractivity contribution in [3.63, 3.8) is 0 Å². The van der Waals surface area contributed by atoms with E-state index in [1.165, 1.54) is 0 Å². The van der Waals surface area contributed by atoms with E-state index in [2.05, 4.69) is 0 Å². The monoisotopic (exact) mass is 186 g/mol. The van der Waals surface area contributed by atoms with E-state index in [-0.39, 0.29) is 24.1 Å². The van der Waals surface area contributed by atoms with E-state index in [1.807, 2.05) is 20.8 Å². The highest BCUT2D eigenvalue weighted by Gasteiger charge is 2.27. The maximum atomic E-state index is 11.5. The predicted molar refractivity (Wildman–Crippen MR) is 49.4 cm³/mol. The Kier molecular flexibility index (Phi) is 3.72. The van der Waals surface area contributed by atoms with Crippen LogP contribution in [-0.4, -0.2) is 24.8 Å². The van der Waals surface area contributed by atoms with Crippen LogP contribution in [0.5, 0.6) is 0 Å². The van der Waals surface area contributed by atoms with Crippen molar-refractivity contribution >= 4 is 5.97 Å². The summed E-state index contributed by atoms with van der Waals surface area (Å²) < 4.78 is 10.5. The quantitative estimate of drug-likeness (QED) is 0.616. The molecular formula is C10H18O3. The molecule has 0 spiro atoms. The van der Waals surface area contributed by atoms with Gasteiger partial charge in [-0.3, -0.25) is 4.79 Å². The summed E-state index contributed by atoms with van der Waals surface area (Å²) in [6, 6.07) is 0. The maximum Gasteiger partial charge on any atom is 0.309 e. The standard InChI is InChI=1S/C10H18O3/c1-7(2)13-10(11)9-4-5-12-8(3)6-9/h7-9H,4-6H2,1-3H3. The van der Waals surface area contributed by atoms with Gasteiger partial charge >= 0.3 is 5.97 Å². The largest absolute Gasteiger partial charge is 0.463 e. The van der Waals surface area contributed by atoms with Crippen LogP contribution < -0.4 is 0 Å². The van der Waals surface area contributed by atoms with Gasteiger partial charge in [-0.25, -0.2) is 0 Å². The summed E-state index contributed by atoms with van der Waals surface area (Å²) in [4.78, 5) is 11.5. The summed E-state index contributed by atoms with van der Waals surface area (Å²) in [7, 11) is 0. The molecule has 0 aromatic rings. The Balaban J connectivity index is 2.37. The SMILES string of the molecule is CC(C)OC(=O)C1CCOC(C)C1. The van der Waals surface area contributed by atoms with Gasteiger partial charge in [0.05, 0.1) is 18.1 Å². The average Bonchev–Trinajstić information content (AvgIpc) is 2.03. The molecule has 3 nitrogen and oxygen atoms in total. The summed E-state index contributed by atoms with van der Waals surface area (Å²) in [5.41, 5.74) is 0. The van der Waals surface area contributed by atoms with Gasteiger partial charge in [-0.1, -0.05) is 0 Å². The molecule has 0 aromatic heterocycles. The number of esters is 1. The second-order valence-electron chi connectivity index (χ2n) is 3.89. The van der Waals surface area contributed by atoms with Crippen LogP contribution in [-0.2, 0) is 14.3 Å². The summed E-state index contributed by atoms with van der Waals surface area (Å²) in [6.07, 6.45) is 1.78. The van der Waals surface area contributed by atoms with Gasteiger partial charge in [-0.05, 0) is 33.6 Å². The third kappa shape index (κ3) is 3.35. The van der Waals surface area contributed by atoms with Crippen molar-refractivity contribution in [3.8, 4) is 0 Å².